The Kier molecular flexibility index (Phi) is 6.53. The molecule has 0 saturated heterocycles. The van der Waals surface area contributed by atoms with Crippen LogP contribution in [-0.2, 0) is 11.2 Å². The normalized spacial score (nSPS) is 12.5. The third-order valence-electron chi connectivity index (χ3n) is 5.05. The zero-order valence-corrected chi connectivity index (χ0v) is 17.5. The van der Waals surface area contributed by atoms with Gasteiger partial charge in [0.1, 0.15) is 19.0 Å². The Morgan fingerprint density at radius 3 is 2.45 bits per heavy atom. The third-order valence-corrected chi connectivity index (χ3v) is 5.05. The number of methoxy groups -OCH3 is 1. The van der Waals surface area contributed by atoms with E-state index in [1.165, 1.54) is 0 Å². The summed E-state index contributed by atoms with van der Waals surface area (Å²) in [6.45, 7) is 1.49. The van der Waals surface area contributed by atoms with Crippen molar-refractivity contribution >= 4 is 17.7 Å². The van der Waals surface area contributed by atoms with Crippen LogP contribution in [0.5, 0.6) is 17.2 Å². The molecule has 0 spiro atoms. The summed E-state index contributed by atoms with van der Waals surface area (Å²) in [4.78, 5) is 15.0. The van der Waals surface area contributed by atoms with Crippen molar-refractivity contribution in [2.24, 2.45) is 0 Å². The summed E-state index contributed by atoms with van der Waals surface area (Å²) in [6, 6.07) is 23.2. The van der Waals surface area contributed by atoms with Crippen LogP contribution in [-0.4, -0.2) is 32.8 Å². The van der Waals surface area contributed by atoms with Gasteiger partial charge in [-0.2, -0.15) is 0 Å². The van der Waals surface area contributed by atoms with Gasteiger partial charge in [-0.3, -0.25) is 4.79 Å². The first-order valence-corrected chi connectivity index (χ1v) is 10.3. The van der Waals surface area contributed by atoms with Crippen LogP contribution in [0.1, 0.15) is 11.1 Å². The summed E-state index contributed by atoms with van der Waals surface area (Å²) < 4.78 is 16.5. The monoisotopic (exact) mass is 415 g/mol. The molecule has 0 bridgehead atoms. The number of benzene rings is 3. The predicted octanol–water partition coefficient (Wildman–Crippen LogP) is 4.76. The first-order chi connectivity index (χ1) is 15.2. The summed E-state index contributed by atoms with van der Waals surface area (Å²) in [5, 5.41) is 0. The fourth-order valence-corrected chi connectivity index (χ4v) is 3.42. The molecule has 0 saturated carbocycles. The fourth-order valence-electron chi connectivity index (χ4n) is 3.42. The molecule has 0 aromatic heterocycles. The minimum absolute atomic E-state index is 0.000411. The molecule has 0 aliphatic carbocycles. The van der Waals surface area contributed by atoms with Gasteiger partial charge >= 0.3 is 0 Å². The summed E-state index contributed by atoms with van der Waals surface area (Å²) in [5.74, 6) is 2.14. The van der Waals surface area contributed by atoms with Crippen LogP contribution in [0.2, 0.25) is 0 Å². The lowest BCUT2D eigenvalue weighted by atomic mass is 10.1. The van der Waals surface area contributed by atoms with Crippen LogP contribution in [0.3, 0.4) is 0 Å². The number of fused-ring (bicyclic) bond motifs is 1. The number of carbonyl (C=O) groups is 1. The minimum atomic E-state index is -0.000411. The van der Waals surface area contributed by atoms with Gasteiger partial charge in [-0.05, 0) is 35.4 Å². The molecule has 1 aliphatic heterocycles. The number of carbonyl (C=O) groups excluding carboxylic acids is 1. The summed E-state index contributed by atoms with van der Waals surface area (Å²) >= 11 is 0. The number of rotatable bonds is 7. The molecule has 158 valence electrons. The van der Waals surface area contributed by atoms with E-state index in [4.69, 9.17) is 14.2 Å². The van der Waals surface area contributed by atoms with Gasteiger partial charge < -0.3 is 19.1 Å². The molecule has 0 unspecified atom stereocenters. The van der Waals surface area contributed by atoms with Crippen molar-refractivity contribution < 1.29 is 19.0 Å². The molecule has 5 nitrogen and oxygen atoms in total. The van der Waals surface area contributed by atoms with E-state index in [0.717, 1.165) is 22.6 Å². The first kappa shape index (κ1) is 20.5. The van der Waals surface area contributed by atoms with Crippen molar-refractivity contribution in [3.63, 3.8) is 0 Å². The molecule has 0 radical (unpaired) electrons. The van der Waals surface area contributed by atoms with Crippen LogP contribution >= 0.6 is 0 Å². The van der Waals surface area contributed by atoms with E-state index in [-0.39, 0.29) is 12.3 Å². The Morgan fingerprint density at radius 1 is 0.968 bits per heavy atom. The second-order valence-electron chi connectivity index (χ2n) is 7.17. The Hall–Kier alpha value is -3.73. The van der Waals surface area contributed by atoms with Crippen molar-refractivity contribution in [3.05, 3.63) is 90.0 Å². The molecule has 3 aromatic carbocycles. The summed E-state index contributed by atoms with van der Waals surface area (Å²) in [6.07, 6.45) is 4.31. The van der Waals surface area contributed by atoms with Gasteiger partial charge in [-0.1, -0.05) is 54.6 Å². The number of amides is 1. The topological polar surface area (TPSA) is 48.0 Å². The average Bonchev–Trinajstić information content (AvgIpc) is 2.82. The molecule has 0 N–H and O–H groups in total. The standard InChI is InChI=1S/C26H25NO4/c1-29-23-12-9-21(10-13-23)18-26(28)27(15-5-8-20-6-3-2-4-7-20)22-11-14-24-25(19-22)31-17-16-30-24/h2-14,19H,15-18H2,1H3/b8-5+. The zero-order valence-electron chi connectivity index (χ0n) is 17.5. The maximum Gasteiger partial charge on any atom is 0.231 e. The van der Waals surface area contributed by atoms with Crippen LogP contribution < -0.4 is 19.1 Å². The van der Waals surface area contributed by atoms with Crippen molar-refractivity contribution in [3.8, 4) is 17.2 Å². The van der Waals surface area contributed by atoms with Gasteiger partial charge in [0.2, 0.25) is 5.91 Å². The fraction of sp³-hybridized carbons (Fsp3) is 0.192. The minimum Gasteiger partial charge on any atom is -0.497 e. The molecular formula is C26H25NO4. The largest absolute Gasteiger partial charge is 0.497 e. The van der Waals surface area contributed by atoms with Crippen LogP contribution in [0.4, 0.5) is 5.69 Å². The van der Waals surface area contributed by atoms with E-state index in [1.54, 1.807) is 12.0 Å². The summed E-state index contributed by atoms with van der Waals surface area (Å²) in [7, 11) is 1.63. The highest BCUT2D eigenvalue weighted by atomic mass is 16.6. The van der Waals surface area contributed by atoms with Gasteiger partial charge in [0.05, 0.1) is 13.5 Å². The van der Waals surface area contributed by atoms with Crippen LogP contribution in [0, 0.1) is 0 Å². The average molecular weight is 415 g/mol. The van der Waals surface area contributed by atoms with Crippen molar-refractivity contribution in [1.82, 2.24) is 0 Å². The van der Waals surface area contributed by atoms with Crippen LogP contribution in [0.25, 0.3) is 6.08 Å². The smallest absolute Gasteiger partial charge is 0.231 e. The van der Waals surface area contributed by atoms with Crippen molar-refractivity contribution in [1.29, 1.82) is 0 Å². The highest BCUT2D eigenvalue weighted by molar-refractivity contribution is 5.95. The maximum absolute atomic E-state index is 13.3. The van der Waals surface area contributed by atoms with Crippen LogP contribution in [0.15, 0.2) is 78.9 Å². The Bertz CT molecular complexity index is 1040. The molecule has 1 heterocycles. The number of nitrogens with zero attached hydrogens (tertiary/aromatic N) is 1. The lowest BCUT2D eigenvalue weighted by molar-refractivity contribution is -0.117. The molecule has 0 fully saturated rings. The van der Waals surface area contributed by atoms with E-state index in [1.807, 2.05) is 84.9 Å². The second kappa shape index (κ2) is 9.85. The zero-order chi connectivity index (χ0) is 21.5. The molecule has 1 amide bonds. The van der Waals surface area contributed by atoms with E-state index < -0.39 is 0 Å². The van der Waals surface area contributed by atoms with E-state index >= 15 is 0 Å². The van der Waals surface area contributed by atoms with Crippen molar-refractivity contribution in [2.45, 2.75) is 6.42 Å². The maximum atomic E-state index is 13.3. The van der Waals surface area contributed by atoms with Gasteiger partial charge in [0, 0.05) is 18.3 Å². The Morgan fingerprint density at radius 2 is 1.71 bits per heavy atom. The molecule has 4 rings (SSSR count). The Balaban J connectivity index is 1.56. The van der Waals surface area contributed by atoms with E-state index in [9.17, 15) is 4.79 Å². The van der Waals surface area contributed by atoms with Gasteiger partial charge in [-0.25, -0.2) is 0 Å². The Labute approximate surface area is 182 Å². The highest BCUT2D eigenvalue weighted by Gasteiger charge is 2.19. The molecule has 31 heavy (non-hydrogen) atoms. The van der Waals surface area contributed by atoms with Gasteiger partial charge in [0.25, 0.3) is 0 Å². The lowest BCUT2D eigenvalue weighted by Gasteiger charge is -2.25. The van der Waals surface area contributed by atoms with E-state index in [2.05, 4.69) is 0 Å². The molecule has 0 atom stereocenters. The number of hydrogen-bond acceptors (Lipinski definition) is 4. The number of ether oxygens (including phenoxy) is 3. The summed E-state index contributed by atoms with van der Waals surface area (Å²) in [5.41, 5.74) is 2.80. The molecule has 1 aliphatic rings. The molecule has 5 heteroatoms. The van der Waals surface area contributed by atoms with Gasteiger partial charge in [0.15, 0.2) is 11.5 Å². The quantitative estimate of drug-likeness (QED) is 0.558. The predicted molar refractivity (Wildman–Crippen MR) is 122 cm³/mol. The number of hydrogen-bond donors (Lipinski definition) is 0. The third kappa shape index (κ3) is 5.25. The van der Waals surface area contributed by atoms with Gasteiger partial charge in [-0.15, -0.1) is 0 Å². The number of anilines is 1. The van der Waals surface area contributed by atoms with Crippen molar-refractivity contribution in [2.75, 3.05) is 31.8 Å². The molecule has 3 aromatic rings. The lowest BCUT2D eigenvalue weighted by Crippen LogP contribution is -2.32. The first-order valence-electron chi connectivity index (χ1n) is 10.3. The molecular weight excluding hydrogens is 390 g/mol. The highest BCUT2D eigenvalue weighted by Crippen LogP contribution is 2.34. The second-order valence-corrected chi connectivity index (χ2v) is 7.17. The van der Waals surface area contributed by atoms with E-state index in [0.29, 0.717) is 31.3 Å². The SMILES string of the molecule is COc1ccc(CC(=O)N(C/C=C/c2ccccc2)c2ccc3c(c2)OCCO3)cc1.